The number of carboxylic acids is 1. The van der Waals surface area contributed by atoms with Gasteiger partial charge in [0.2, 0.25) is 0 Å². The molecule has 5 saturated heterocycles. The number of halogens is 1. The molecule has 12 aromatic rings. The van der Waals surface area contributed by atoms with Crippen LogP contribution in [0.1, 0.15) is 199 Å². The number of aromatic nitrogens is 4. The van der Waals surface area contributed by atoms with Gasteiger partial charge in [0.25, 0.3) is 5.91 Å². The summed E-state index contributed by atoms with van der Waals surface area (Å²) in [6.45, 7) is 27.4. The number of rotatable bonds is 33. The predicted octanol–water partition coefficient (Wildman–Crippen LogP) is 17.7. The van der Waals surface area contributed by atoms with Gasteiger partial charge in [-0.1, -0.05) is 12.8 Å². The largest absolute Gasteiger partial charge is 1.00 e. The minimum atomic E-state index is -0.971. The standard InChI is InChI=1S/C28H35N3O3.C26H32N2O4.C24H28N2O4.C14H20INO.C12H13NO3.C6H14N2.Na.H2O/c1-21-7-5-16-29(21)17-6-18-34-24-10-8-23(9-11-24)31-26-13-12-25(33-2)19-22(26)20-27(31)28(32)30-14-3-4-15-30;1-4-31-26(29)25-18-20-17-23(30-3)12-13-24(20)28(25)21-8-10-22(11-9-21)32-16-6-15-27-14-5-7-19(27)2;1-17-5-3-12-25(17)13-4-14-30-20-8-6-19(7-9-20)26-22-11-10-21(29-2)15-18(22)16-23(26)24(27)28;1-12-4-2-9-16(12)10-3-11-17-14-7-5-13(15)6-8-14;1-3-16-12(14)11-7-8-6-9(15-2)4-5-10(8)13-11;7-5-3-1-2-4-6(5)8;;/h8-13,19-21H,3-7,14-18H2,1-2H3;8-13,17-19H,4-7,14-16H2,1-3H3;6-11,15-17H,3-5,12-14H2,1-2H3,(H,27,28);5-8,12H,2-4,9-11H2,1H3;4-7,13H,3H2,1-2H3;5-6H,1-4,7-8H2;;1H2/q;;;;;;+1;/p-1/t21-;19-;17-;12-;;5-,6-;;/m1111.1../s1. The molecule has 4 aromatic heterocycles. The van der Waals surface area contributed by atoms with E-state index in [1.165, 1.54) is 101 Å². The molecule has 0 radical (unpaired) electrons. The van der Waals surface area contributed by atoms with Crippen LogP contribution in [0.3, 0.4) is 0 Å². The zero-order chi connectivity index (χ0) is 96.7. The van der Waals surface area contributed by atoms with Crippen LogP contribution in [0.4, 0.5) is 0 Å². The quantitative estimate of drug-likeness (QED) is 0.0128. The molecule has 6 aliphatic rings. The van der Waals surface area contributed by atoms with Gasteiger partial charge < -0.3 is 113 Å². The molecule has 1 aliphatic carbocycles. The number of fused-ring (bicyclic) bond motifs is 4. The topological polar surface area (TPSA) is 310 Å². The van der Waals surface area contributed by atoms with Crippen LogP contribution >= 0.6 is 22.6 Å². The molecule has 6 atom stereocenters. The molecule has 9 heterocycles. The normalized spacial score (nSPS) is 18.0. The fourth-order valence-corrected chi connectivity index (χ4v) is 19.4. The van der Waals surface area contributed by atoms with E-state index in [1.54, 1.807) is 52.1 Å². The number of carboxylic acid groups (broad SMARTS) is 1. The Hall–Kier alpha value is -10.4. The van der Waals surface area contributed by atoms with Crippen molar-refractivity contribution < 1.29 is 107 Å². The number of H-pyrrole nitrogens is 1. The molecule has 27 nitrogen and oxygen atoms in total. The number of carbonyl (C=O) groups excluding carboxylic acids is 3. The van der Waals surface area contributed by atoms with Crippen LogP contribution in [0.15, 0.2) is 194 Å². The summed E-state index contributed by atoms with van der Waals surface area (Å²) in [4.78, 5) is 64.5. The zero-order valence-corrected chi connectivity index (χ0v) is 87.4. The molecule has 1 amide bonds. The van der Waals surface area contributed by atoms with Gasteiger partial charge in [-0.05, 0) is 387 Å². The van der Waals surface area contributed by atoms with E-state index in [0.717, 1.165) is 198 Å². The van der Waals surface area contributed by atoms with E-state index >= 15 is 0 Å². The van der Waals surface area contributed by atoms with E-state index in [4.69, 9.17) is 58.8 Å². The molecule has 8 aromatic carbocycles. The summed E-state index contributed by atoms with van der Waals surface area (Å²) in [6, 6.07) is 65.4. The van der Waals surface area contributed by atoms with E-state index in [9.17, 15) is 24.3 Å². The summed E-state index contributed by atoms with van der Waals surface area (Å²) in [6.07, 6.45) is 21.6. The molecule has 0 bridgehead atoms. The SMILES string of the molecule is CCOC(=O)c1cc2cc(OC)ccc2[nH]1.CCOC(=O)c1cc2cc(OC)ccc2n1-c1ccc(OCCCN2CCC[C@H]2C)cc1.COc1ccc2c(c1)cc(C(=O)N1CCCC1)n2-c1ccc(OCCCN2CCC[C@H]2C)cc1.COc1ccc2c(c1)cc(C(=O)O)n2-c1ccc(OCCCN2CCC[C@H]2C)cc1.C[C@@H]1CCCN1CCCOc1ccc(I)cc1.N[C@@H]1CCCC[C@H]1N.[Na+].[OH-]. The van der Waals surface area contributed by atoms with Crippen LogP contribution in [0, 0.1) is 3.57 Å². The van der Waals surface area contributed by atoms with Crippen molar-refractivity contribution in [2.24, 2.45) is 11.5 Å². The Balaban J connectivity index is 0.000000166. The van der Waals surface area contributed by atoms with Crippen LogP contribution in [0.2, 0.25) is 0 Å². The maximum Gasteiger partial charge on any atom is 1.00 e. The van der Waals surface area contributed by atoms with Gasteiger partial charge in [-0.3, -0.25) is 4.79 Å². The zero-order valence-electron chi connectivity index (χ0n) is 83.2. The second kappa shape index (κ2) is 55.2. The molecule has 29 heteroatoms. The van der Waals surface area contributed by atoms with Crippen molar-refractivity contribution in [3.8, 4) is 63.1 Å². The number of carbonyl (C=O) groups is 4. The van der Waals surface area contributed by atoms with Gasteiger partial charge in [0.1, 0.15) is 68.8 Å². The Morgan fingerprint density at radius 3 is 1.03 bits per heavy atom. The van der Waals surface area contributed by atoms with Crippen molar-refractivity contribution in [2.75, 3.05) is 134 Å². The molecule has 742 valence electrons. The number of amides is 1. The van der Waals surface area contributed by atoms with E-state index < -0.39 is 5.97 Å². The first-order chi connectivity index (χ1) is 66.6. The van der Waals surface area contributed by atoms with Crippen molar-refractivity contribution >= 4 is 90.0 Å². The van der Waals surface area contributed by atoms with Crippen LogP contribution in [-0.4, -0.2) is 247 Å². The Labute approximate surface area is 855 Å². The fourth-order valence-electron chi connectivity index (χ4n) is 19.0. The number of nitrogens with one attached hydrogen (secondary N) is 1. The minimum Gasteiger partial charge on any atom is -0.870 e. The number of hydrogen-bond donors (Lipinski definition) is 4. The Morgan fingerprint density at radius 1 is 0.374 bits per heavy atom. The third-order valence-electron chi connectivity index (χ3n) is 26.8. The van der Waals surface area contributed by atoms with Gasteiger partial charge in [-0.2, -0.15) is 0 Å². The van der Waals surface area contributed by atoms with Gasteiger partial charge >= 0.3 is 47.5 Å². The summed E-state index contributed by atoms with van der Waals surface area (Å²) in [5.41, 5.74) is 19.4. The molecular weight excluding hydrogens is 1880 g/mol. The number of hydrogen-bond acceptors (Lipinski definition) is 21. The molecule has 0 spiro atoms. The Morgan fingerprint density at radius 2 is 0.691 bits per heavy atom. The molecule has 18 rings (SSSR count). The number of nitrogens with zero attached hydrogens (tertiary/aromatic N) is 8. The number of benzene rings is 8. The first-order valence-electron chi connectivity index (χ1n) is 49.3. The van der Waals surface area contributed by atoms with Crippen molar-refractivity contribution in [2.45, 2.75) is 193 Å². The number of methoxy groups -OCH3 is 4. The van der Waals surface area contributed by atoms with E-state index in [-0.39, 0.29) is 70.7 Å². The van der Waals surface area contributed by atoms with Crippen molar-refractivity contribution in [1.82, 2.24) is 43.2 Å². The Bertz CT molecular complexity index is 5820. The van der Waals surface area contributed by atoms with Crippen LogP contribution in [0.5, 0.6) is 46.0 Å². The van der Waals surface area contributed by atoms with Crippen molar-refractivity contribution in [3.63, 3.8) is 0 Å². The Kier molecular flexibility index (Phi) is 43.3. The van der Waals surface area contributed by atoms with Crippen LogP contribution < -0.4 is 78.9 Å². The maximum absolute atomic E-state index is 13.4. The van der Waals surface area contributed by atoms with Crippen LogP contribution in [-0.2, 0) is 9.47 Å². The van der Waals surface area contributed by atoms with Gasteiger partial charge in [0, 0.05) is 123 Å². The van der Waals surface area contributed by atoms with Gasteiger partial charge in [0.05, 0.1) is 84.6 Å². The summed E-state index contributed by atoms with van der Waals surface area (Å²) in [7, 11) is 6.51. The summed E-state index contributed by atoms with van der Waals surface area (Å²) < 4.78 is 61.9. The van der Waals surface area contributed by atoms with Crippen molar-refractivity contribution in [1.29, 1.82) is 0 Å². The molecule has 5 aliphatic heterocycles. The predicted molar refractivity (Wildman–Crippen MR) is 555 cm³/mol. The number of likely N-dealkylation sites (tertiary alicyclic amines) is 5. The average Bonchev–Trinajstić information content (AvgIpc) is 1.62. The second-order valence-electron chi connectivity index (χ2n) is 36.2. The number of esters is 2. The number of aromatic amines is 1. The van der Waals surface area contributed by atoms with E-state index in [2.05, 4.69) is 91.6 Å². The molecular formula is C110H143IN11NaO16. The smallest absolute Gasteiger partial charge is 0.870 e. The average molecular weight is 2030 g/mol. The van der Waals surface area contributed by atoms with Gasteiger partial charge in [-0.15, -0.1) is 0 Å². The number of aromatic carboxylic acids is 1. The number of ether oxygens (including phenoxy) is 10. The summed E-state index contributed by atoms with van der Waals surface area (Å²) in [5, 5.41) is 13.4. The number of nitrogens with two attached hydrogens (primary N) is 2. The van der Waals surface area contributed by atoms with E-state index in [0.29, 0.717) is 74.0 Å². The first-order valence-corrected chi connectivity index (χ1v) is 50.4. The second-order valence-corrected chi connectivity index (χ2v) is 37.5. The maximum atomic E-state index is 13.4. The fraction of sp³-hybridized carbons (Fsp3) is 0.455. The molecule has 6 fully saturated rings. The monoisotopic (exact) mass is 2020 g/mol. The molecule has 7 N–H and O–H groups in total. The molecule has 0 unspecified atom stereocenters. The third kappa shape index (κ3) is 30.4. The van der Waals surface area contributed by atoms with Crippen molar-refractivity contribution in [3.05, 3.63) is 220 Å². The third-order valence-corrected chi connectivity index (χ3v) is 27.6. The first kappa shape index (κ1) is 109. The molecule has 1 saturated carbocycles. The van der Waals surface area contributed by atoms with Gasteiger partial charge in [0.15, 0.2) is 0 Å². The summed E-state index contributed by atoms with van der Waals surface area (Å²) >= 11 is 2.31. The summed E-state index contributed by atoms with van der Waals surface area (Å²) in [5.74, 6) is 4.91. The van der Waals surface area contributed by atoms with E-state index in [1.807, 2.05) is 186 Å². The molecule has 139 heavy (non-hydrogen) atoms. The minimum absolute atomic E-state index is 0. The van der Waals surface area contributed by atoms with Gasteiger partial charge in [-0.25, -0.2) is 14.4 Å². The van der Waals surface area contributed by atoms with Crippen LogP contribution in [0.25, 0.3) is 60.7 Å².